The lowest BCUT2D eigenvalue weighted by molar-refractivity contribution is 0.300. The number of aromatic nitrogens is 2. The molecular formula is C24H23ClN2O. The first-order valence-electron chi connectivity index (χ1n) is 9.58. The minimum Gasteiger partial charge on any atom is -0.493 e. The van der Waals surface area contributed by atoms with Crippen LogP contribution in [-0.2, 0) is 13.0 Å². The Balaban J connectivity index is 1.52. The van der Waals surface area contributed by atoms with Crippen LogP contribution in [0.4, 0.5) is 0 Å². The highest BCUT2D eigenvalue weighted by molar-refractivity contribution is 6.31. The van der Waals surface area contributed by atoms with Gasteiger partial charge in [-0.15, -0.1) is 0 Å². The first-order valence-corrected chi connectivity index (χ1v) is 9.96. The number of benzene rings is 3. The molecule has 0 atom stereocenters. The Morgan fingerprint density at radius 3 is 2.54 bits per heavy atom. The third-order valence-electron chi connectivity index (χ3n) is 4.92. The summed E-state index contributed by atoms with van der Waals surface area (Å²) < 4.78 is 8.26. The van der Waals surface area contributed by atoms with Crippen molar-refractivity contribution < 1.29 is 4.74 Å². The summed E-state index contributed by atoms with van der Waals surface area (Å²) in [6.45, 7) is 3.59. The molecule has 1 heterocycles. The minimum atomic E-state index is 0.670. The second kappa shape index (κ2) is 8.49. The molecule has 4 aromatic rings. The molecule has 0 amide bonds. The van der Waals surface area contributed by atoms with Crippen LogP contribution in [0.1, 0.15) is 23.4 Å². The zero-order chi connectivity index (χ0) is 19.3. The number of aryl methyl sites for hydroxylation is 2. The zero-order valence-corrected chi connectivity index (χ0v) is 16.7. The Morgan fingerprint density at radius 2 is 1.68 bits per heavy atom. The SMILES string of the molecule is Cc1ccccc1OCCCn1c(Cc2ccccc2Cl)nc2ccccc21. The van der Waals surface area contributed by atoms with Gasteiger partial charge in [0.05, 0.1) is 17.6 Å². The van der Waals surface area contributed by atoms with E-state index in [-0.39, 0.29) is 0 Å². The number of fused-ring (bicyclic) bond motifs is 1. The third-order valence-corrected chi connectivity index (χ3v) is 5.29. The van der Waals surface area contributed by atoms with Gasteiger partial charge in [-0.3, -0.25) is 0 Å². The van der Waals surface area contributed by atoms with Crippen LogP contribution in [0.25, 0.3) is 11.0 Å². The highest BCUT2D eigenvalue weighted by atomic mass is 35.5. The molecule has 0 radical (unpaired) electrons. The van der Waals surface area contributed by atoms with Gasteiger partial charge in [0.25, 0.3) is 0 Å². The van der Waals surface area contributed by atoms with E-state index < -0.39 is 0 Å². The van der Waals surface area contributed by atoms with Crippen molar-refractivity contribution in [1.29, 1.82) is 0 Å². The number of hydrogen-bond donors (Lipinski definition) is 0. The molecule has 3 nitrogen and oxygen atoms in total. The molecule has 28 heavy (non-hydrogen) atoms. The molecule has 0 aliphatic rings. The summed E-state index contributed by atoms with van der Waals surface area (Å²) in [6, 6.07) is 24.4. The molecular weight excluding hydrogens is 368 g/mol. The summed E-state index contributed by atoms with van der Waals surface area (Å²) in [5, 5.41) is 0.781. The van der Waals surface area contributed by atoms with Crippen LogP contribution < -0.4 is 4.74 Å². The van der Waals surface area contributed by atoms with E-state index >= 15 is 0 Å². The van der Waals surface area contributed by atoms with E-state index in [1.807, 2.05) is 42.5 Å². The number of nitrogens with zero attached hydrogens (tertiary/aromatic N) is 2. The van der Waals surface area contributed by atoms with Gasteiger partial charge in [-0.05, 0) is 48.7 Å². The Hall–Kier alpha value is -2.78. The fraction of sp³-hybridized carbons (Fsp3) is 0.208. The van der Waals surface area contributed by atoms with Crippen LogP contribution in [0.5, 0.6) is 5.75 Å². The van der Waals surface area contributed by atoms with Gasteiger partial charge in [0.2, 0.25) is 0 Å². The van der Waals surface area contributed by atoms with E-state index in [0.717, 1.165) is 51.7 Å². The Bertz CT molecular complexity index is 1090. The molecule has 0 aliphatic heterocycles. The topological polar surface area (TPSA) is 27.1 Å². The normalized spacial score (nSPS) is 11.1. The second-order valence-corrected chi connectivity index (χ2v) is 7.31. The molecule has 0 unspecified atom stereocenters. The van der Waals surface area contributed by atoms with Gasteiger partial charge in [-0.2, -0.15) is 0 Å². The van der Waals surface area contributed by atoms with E-state index in [4.69, 9.17) is 21.3 Å². The second-order valence-electron chi connectivity index (χ2n) is 6.90. The molecule has 3 aromatic carbocycles. The van der Waals surface area contributed by atoms with E-state index in [1.54, 1.807) is 0 Å². The largest absolute Gasteiger partial charge is 0.493 e. The Labute approximate surface area is 170 Å². The van der Waals surface area contributed by atoms with Crippen molar-refractivity contribution in [3.63, 3.8) is 0 Å². The molecule has 0 spiro atoms. The maximum atomic E-state index is 6.38. The molecule has 0 aliphatic carbocycles. The number of ether oxygens (including phenoxy) is 1. The molecule has 0 saturated carbocycles. The molecule has 0 bridgehead atoms. The summed E-state index contributed by atoms with van der Waals surface area (Å²) in [5.41, 5.74) is 4.43. The van der Waals surface area contributed by atoms with Gasteiger partial charge in [0.1, 0.15) is 11.6 Å². The highest BCUT2D eigenvalue weighted by Crippen LogP contribution is 2.23. The fourth-order valence-corrected chi connectivity index (χ4v) is 3.65. The summed E-state index contributed by atoms with van der Waals surface area (Å²) in [6.07, 6.45) is 1.62. The number of hydrogen-bond acceptors (Lipinski definition) is 2. The van der Waals surface area contributed by atoms with Crippen molar-refractivity contribution in [2.45, 2.75) is 26.3 Å². The lowest BCUT2D eigenvalue weighted by Crippen LogP contribution is -2.09. The summed E-state index contributed by atoms with van der Waals surface area (Å²) >= 11 is 6.38. The zero-order valence-electron chi connectivity index (χ0n) is 15.9. The van der Waals surface area contributed by atoms with Crippen LogP contribution in [0.3, 0.4) is 0 Å². The van der Waals surface area contributed by atoms with Gasteiger partial charge >= 0.3 is 0 Å². The molecule has 1 aromatic heterocycles. The first-order chi connectivity index (χ1) is 13.7. The summed E-state index contributed by atoms with van der Waals surface area (Å²) in [5.74, 6) is 1.99. The third kappa shape index (κ3) is 4.05. The van der Waals surface area contributed by atoms with E-state index in [9.17, 15) is 0 Å². The molecule has 0 fully saturated rings. The van der Waals surface area contributed by atoms with Gasteiger partial charge in [-0.1, -0.05) is 60.1 Å². The highest BCUT2D eigenvalue weighted by Gasteiger charge is 2.12. The summed E-state index contributed by atoms with van der Waals surface area (Å²) in [4.78, 5) is 4.86. The predicted molar refractivity (Wildman–Crippen MR) is 115 cm³/mol. The van der Waals surface area contributed by atoms with Crippen molar-refractivity contribution in [2.24, 2.45) is 0 Å². The number of para-hydroxylation sites is 3. The fourth-order valence-electron chi connectivity index (χ4n) is 3.45. The maximum absolute atomic E-state index is 6.38. The van der Waals surface area contributed by atoms with Gasteiger partial charge in [-0.25, -0.2) is 4.98 Å². The van der Waals surface area contributed by atoms with Gasteiger partial charge in [0, 0.05) is 18.0 Å². The first kappa shape index (κ1) is 18.6. The maximum Gasteiger partial charge on any atom is 0.122 e. The lowest BCUT2D eigenvalue weighted by atomic mass is 10.1. The molecule has 4 rings (SSSR count). The molecule has 142 valence electrons. The van der Waals surface area contributed by atoms with Crippen LogP contribution in [-0.4, -0.2) is 16.2 Å². The molecule has 4 heteroatoms. The predicted octanol–water partition coefficient (Wildman–Crippen LogP) is 6.06. The Morgan fingerprint density at radius 1 is 0.929 bits per heavy atom. The van der Waals surface area contributed by atoms with Crippen molar-refractivity contribution in [2.75, 3.05) is 6.61 Å². The average molecular weight is 391 g/mol. The minimum absolute atomic E-state index is 0.670. The van der Waals surface area contributed by atoms with Crippen LogP contribution in [0.15, 0.2) is 72.8 Å². The van der Waals surface area contributed by atoms with E-state index in [1.165, 1.54) is 0 Å². The Kier molecular flexibility index (Phi) is 5.63. The number of halogens is 1. The van der Waals surface area contributed by atoms with Crippen molar-refractivity contribution >= 4 is 22.6 Å². The lowest BCUT2D eigenvalue weighted by Gasteiger charge is -2.12. The summed E-state index contributed by atoms with van der Waals surface area (Å²) in [7, 11) is 0. The number of rotatable bonds is 7. The monoisotopic (exact) mass is 390 g/mol. The van der Waals surface area contributed by atoms with E-state index in [0.29, 0.717) is 13.0 Å². The van der Waals surface area contributed by atoms with Crippen molar-refractivity contribution in [1.82, 2.24) is 9.55 Å². The average Bonchev–Trinajstić information content (AvgIpc) is 3.05. The van der Waals surface area contributed by atoms with Crippen molar-refractivity contribution in [3.8, 4) is 5.75 Å². The van der Waals surface area contributed by atoms with Crippen molar-refractivity contribution in [3.05, 3.63) is 94.8 Å². The molecule has 0 N–H and O–H groups in total. The van der Waals surface area contributed by atoms with Crippen LogP contribution >= 0.6 is 11.6 Å². The van der Waals surface area contributed by atoms with Gasteiger partial charge < -0.3 is 9.30 Å². The molecule has 0 saturated heterocycles. The quantitative estimate of drug-likeness (QED) is 0.359. The standard InChI is InChI=1S/C24H23ClN2O/c1-18-9-2-7-14-23(18)28-16-8-15-27-22-13-6-5-12-21(22)26-24(27)17-19-10-3-4-11-20(19)25/h2-7,9-14H,8,15-17H2,1H3. The van der Waals surface area contributed by atoms with Crippen LogP contribution in [0, 0.1) is 6.92 Å². The smallest absolute Gasteiger partial charge is 0.122 e. The van der Waals surface area contributed by atoms with Gasteiger partial charge in [0.15, 0.2) is 0 Å². The van der Waals surface area contributed by atoms with Crippen LogP contribution in [0.2, 0.25) is 5.02 Å². The van der Waals surface area contributed by atoms with E-state index in [2.05, 4.69) is 41.8 Å². The number of imidazole rings is 1.